The van der Waals surface area contributed by atoms with Crippen LogP contribution in [-0.4, -0.2) is 28.4 Å². The highest BCUT2D eigenvalue weighted by Crippen LogP contribution is 2.36. The number of fused-ring (bicyclic) bond motifs is 3. The van der Waals surface area contributed by atoms with E-state index in [1.54, 1.807) is 0 Å². The summed E-state index contributed by atoms with van der Waals surface area (Å²) in [6, 6.07) is 8.48. The lowest BCUT2D eigenvalue weighted by molar-refractivity contribution is 0.0733. The Bertz CT molecular complexity index is 630. The maximum absolute atomic E-state index is 12.7. The third-order valence-electron chi connectivity index (χ3n) is 4.71. The van der Waals surface area contributed by atoms with Gasteiger partial charge in [-0.15, -0.1) is 0 Å². The van der Waals surface area contributed by atoms with E-state index in [0.29, 0.717) is 6.04 Å². The zero-order chi connectivity index (χ0) is 12.8. The molecule has 98 valence electrons. The predicted molar refractivity (Wildman–Crippen MR) is 75.1 cm³/mol. The first-order valence-corrected chi connectivity index (χ1v) is 7.19. The van der Waals surface area contributed by atoms with Gasteiger partial charge in [0, 0.05) is 35.2 Å². The first-order chi connectivity index (χ1) is 9.31. The number of rotatable bonds is 1. The SMILES string of the molecule is O=C(c1ccc2[nH]ccc2c1)N1CC2CCCC1C2. The van der Waals surface area contributed by atoms with Gasteiger partial charge in [-0.05, 0) is 49.4 Å². The Morgan fingerprint density at radius 3 is 3.11 bits per heavy atom. The molecule has 1 aliphatic carbocycles. The van der Waals surface area contributed by atoms with Gasteiger partial charge in [-0.2, -0.15) is 0 Å². The van der Waals surface area contributed by atoms with E-state index in [-0.39, 0.29) is 5.91 Å². The number of carbonyl (C=O) groups excluding carboxylic acids is 1. The highest BCUT2D eigenvalue weighted by molar-refractivity contribution is 5.98. The van der Waals surface area contributed by atoms with Crippen LogP contribution in [0.15, 0.2) is 30.5 Å². The topological polar surface area (TPSA) is 36.1 Å². The Balaban J connectivity index is 1.66. The molecular formula is C16H18N2O. The molecule has 1 aromatic heterocycles. The molecule has 2 aromatic rings. The molecule has 2 unspecified atom stereocenters. The third-order valence-corrected chi connectivity index (χ3v) is 4.71. The number of aromatic amines is 1. The minimum atomic E-state index is 0.220. The van der Waals surface area contributed by atoms with Crippen molar-refractivity contribution >= 4 is 16.8 Å². The van der Waals surface area contributed by atoms with Crippen molar-refractivity contribution in [3.05, 3.63) is 36.0 Å². The van der Waals surface area contributed by atoms with Gasteiger partial charge in [-0.25, -0.2) is 0 Å². The van der Waals surface area contributed by atoms with E-state index in [4.69, 9.17) is 0 Å². The molecule has 3 nitrogen and oxygen atoms in total. The molecule has 1 N–H and O–H groups in total. The van der Waals surface area contributed by atoms with Crippen molar-refractivity contribution in [2.75, 3.05) is 6.54 Å². The van der Waals surface area contributed by atoms with Crippen LogP contribution in [0.1, 0.15) is 36.0 Å². The quantitative estimate of drug-likeness (QED) is 0.833. The standard InChI is InChI=1S/C16H18N2O/c19-16(18-10-11-2-1-3-14(18)8-11)13-4-5-15-12(9-13)6-7-17-15/h4-7,9,11,14,17H,1-3,8,10H2. The van der Waals surface area contributed by atoms with E-state index < -0.39 is 0 Å². The van der Waals surface area contributed by atoms with Crippen molar-refractivity contribution in [3.63, 3.8) is 0 Å². The second kappa shape index (κ2) is 4.12. The van der Waals surface area contributed by atoms with Gasteiger partial charge in [0.15, 0.2) is 0 Å². The molecule has 1 aliphatic heterocycles. The highest BCUT2D eigenvalue weighted by Gasteiger charge is 2.37. The zero-order valence-electron chi connectivity index (χ0n) is 10.9. The summed E-state index contributed by atoms with van der Waals surface area (Å²) in [5, 5.41) is 1.12. The van der Waals surface area contributed by atoms with Crippen molar-refractivity contribution in [3.8, 4) is 0 Å². The fourth-order valence-corrected chi connectivity index (χ4v) is 3.74. The van der Waals surface area contributed by atoms with Gasteiger partial charge in [0.05, 0.1) is 0 Å². The maximum Gasteiger partial charge on any atom is 0.254 e. The van der Waals surface area contributed by atoms with Gasteiger partial charge in [-0.3, -0.25) is 4.79 Å². The molecule has 1 aromatic carbocycles. The van der Waals surface area contributed by atoms with Crippen LogP contribution in [0, 0.1) is 5.92 Å². The van der Waals surface area contributed by atoms with Crippen LogP contribution >= 0.6 is 0 Å². The van der Waals surface area contributed by atoms with E-state index in [1.807, 2.05) is 30.5 Å². The smallest absolute Gasteiger partial charge is 0.254 e. The number of aromatic nitrogens is 1. The minimum Gasteiger partial charge on any atom is -0.361 e. The van der Waals surface area contributed by atoms with Gasteiger partial charge in [0.2, 0.25) is 0 Å². The van der Waals surface area contributed by atoms with Crippen LogP contribution in [0.4, 0.5) is 0 Å². The first kappa shape index (κ1) is 11.1. The van der Waals surface area contributed by atoms with Crippen molar-refractivity contribution in [1.82, 2.24) is 9.88 Å². The normalized spacial score (nSPS) is 26.0. The monoisotopic (exact) mass is 254 g/mol. The zero-order valence-corrected chi connectivity index (χ0v) is 10.9. The van der Waals surface area contributed by atoms with Gasteiger partial charge < -0.3 is 9.88 Å². The number of likely N-dealkylation sites (tertiary alicyclic amines) is 1. The van der Waals surface area contributed by atoms with Crippen molar-refractivity contribution < 1.29 is 4.79 Å². The molecule has 2 fully saturated rings. The Hall–Kier alpha value is -1.77. The number of hydrogen-bond donors (Lipinski definition) is 1. The Morgan fingerprint density at radius 2 is 2.21 bits per heavy atom. The second-order valence-corrected chi connectivity index (χ2v) is 5.92. The van der Waals surface area contributed by atoms with Crippen LogP contribution in [-0.2, 0) is 0 Å². The molecule has 0 spiro atoms. The summed E-state index contributed by atoms with van der Waals surface area (Å²) in [5.74, 6) is 0.969. The summed E-state index contributed by atoms with van der Waals surface area (Å²) in [4.78, 5) is 18.0. The van der Waals surface area contributed by atoms with Crippen molar-refractivity contribution in [2.45, 2.75) is 31.7 Å². The van der Waals surface area contributed by atoms with Crippen LogP contribution in [0.2, 0.25) is 0 Å². The predicted octanol–water partition coefficient (Wildman–Crippen LogP) is 3.18. The molecule has 2 atom stereocenters. The van der Waals surface area contributed by atoms with Crippen LogP contribution in [0.3, 0.4) is 0 Å². The van der Waals surface area contributed by atoms with Gasteiger partial charge in [0.25, 0.3) is 5.91 Å². The Morgan fingerprint density at radius 1 is 1.26 bits per heavy atom. The summed E-state index contributed by atoms with van der Waals surface area (Å²) in [7, 11) is 0. The fourth-order valence-electron chi connectivity index (χ4n) is 3.74. The summed E-state index contributed by atoms with van der Waals surface area (Å²) in [5.41, 5.74) is 1.93. The van der Waals surface area contributed by atoms with Crippen LogP contribution in [0.25, 0.3) is 10.9 Å². The molecule has 4 rings (SSSR count). The molecule has 2 bridgehead atoms. The molecule has 2 heterocycles. The minimum absolute atomic E-state index is 0.220. The van der Waals surface area contributed by atoms with Gasteiger partial charge in [0.1, 0.15) is 0 Å². The third kappa shape index (κ3) is 1.76. The Kier molecular flexibility index (Phi) is 2.40. The maximum atomic E-state index is 12.7. The first-order valence-electron chi connectivity index (χ1n) is 7.19. The summed E-state index contributed by atoms with van der Waals surface area (Å²) in [6.07, 6.45) is 6.92. The number of benzene rings is 1. The van der Waals surface area contributed by atoms with E-state index in [1.165, 1.54) is 25.7 Å². The van der Waals surface area contributed by atoms with E-state index in [2.05, 4.69) is 9.88 Å². The van der Waals surface area contributed by atoms with E-state index in [0.717, 1.165) is 28.9 Å². The van der Waals surface area contributed by atoms with Gasteiger partial charge in [-0.1, -0.05) is 6.42 Å². The van der Waals surface area contributed by atoms with Crippen molar-refractivity contribution in [1.29, 1.82) is 0 Å². The molecular weight excluding hydrogens is 236 g/mol. The number of H-pyrrole nitrogens is 1. The average Bonchev–Trinajstić information content (AvgIpc) is 3.01. The summed E-state index contributed by atoms with van der Waals surface area (Å²) >= 11 is 0. The molecule has 0 radical (unpaired) electrons. The lowest BCUT2D eigenvalue weighted by Crippen LogP contribution is -2.35. The fraction of sp³-hybridized carbons (Fsp3) is 0.438. The van der Waals surface area contributed by atoms with Crippen LogP contribution in [0.5, 0.6) is 0 Å². The lowest BCUT2D eigenvalue weighted by Gasteiger charge is -2.24. The number of nitrogens with zero attached hydrogens (tertiary/aromatic N) is 1. The Labute approximate surface area is 112 Å². The molecule has 3 heteroatoms. The molecule has 2 aliphatic rings. The average molecular weight is 254 g/mol. The number of carbonyl (C=O) groups is 1. The van der Waals surface area contributed by atoms with Crippen LogP contribution < -0.4 is 0 Å². The van der Waals surface area contributed by atoms with Gasteiger partial charge >= 0.3 is 0 Å². The molecule has 1 saturated carbocycles. The summed E-state index contributed by atoms with van der Waals surface area (Å²) < 4.78 is 0. The highest BCUT2D eigenvalue weighted by atomic mass is 16.2. The molecule has 19 heavy (non-hydrogen) atoms. The largest absolute Gasteiger partial charge is 0.361 e. The second-order valence-electron chi connectivity index (χ2n) is 5.92. The summed E-state index contributed by atoms with van der Waals surface area (Å²) in [6.45, 7) is 0.967. The molecule has 1 amide bonds. The number of nitrogens with one attached hydrogen (secondary N) is 1. The number of hydrogen-bond acceptors (Lipinski definition) is 1. The van der Waals surface area contributed by atoms with E-state index in [9.17, 15) is 4.79 Å². The lowest BCUT2D eigenvalue weighted by atomic mass is 9.90. The number of amides is 1. The molecule has 1 saturated heterocycles. The van der Waals surface area contributed by atoms with Crippen molar-refractivity contribution in [2.24, 2.45) is 5.92 Å². The van der Waals surface area contributed by atoms with E-state index >= 15 is 0 Å².